The normalized spacial score (nSPS) is 16.2. The Morgan fingerprint density at radius 3 is 3.11 bits per heavy atom. The first-order valence-corrected chi connectivity index (χ1v) is 6.77. The molecule has 1 aromatic heterocycles. The highest BCUT2D eigenvalue weighted by Crippen LogP contribution is 2.21. The minimum atomic E-state index is -0.201. The summed E-state index contributed by atoms with van der Waals surface area (Å²) in [4.78, 5) is 11.7. The molecule has 1 fully saturated rings. The van der Waals surface area contributed by atoms with E-state index < -0.39 is 0 Å². The van der Waals surface area contributed by atoms with Gasteiger partial charge in [-0.25, -0.2) is 0 Å². The van der Waals surface area contributed by atoms with Crippen LogP contribution >= 0.6 is 11.3 Å². The van der Waals surface area contributed by atoms with Crippen LogP contribution in [0.4, 0.5) is 5.00 Å². The summed E-state index contributed by atoms with van der Waals surface area (Å²) in [6.07, 6.45) is 2.04. The Morgan fingerprint density at radius 2 is 2.39 bits per heavy atom. The zero-order valence-electron chi connectivity index (χ0n) is 9.94. The molecule has 2 N–H and O–H groups in total. The summed E-state index contributed by atoms with van der Waals surface area (Å²) >= 11 is 1.34. The smallest absolute Gasteiger partial charge is 0.251 e. The van der Waals surface area contributed by atoms with Crippen LogP contribution in [0.25, 0.3) is 0 Å². The number of hydrogen-bond donors (Lipinski definition) is 2. The average Bonchev–Trinajstić information content (AvgIpc) is 2.85. The van der Waals surface area contributed by atoms with E-state index in [-0.39, 0.29) is 18.6 Å². The molecule has 0 aliphatic carbocycles. The first-order valence-electron chi connectivity index (χ1n) is 5.89. The Balaban J connectivity index is 1.77. The van der Waals surface area contributed by atoms with Gasteiger partial charge in [0.25, 0.3) is 5.91 Å². The van der Waals surface area contributed by atoms with E-state index in [1.54, 1.807) is 11.4 Å². The summed E-state index contributed by atoms with van der Waals surface area (Å²) in [5.74, 6) is -0.201. The Kier molecular flexibility index (Phi) is 4.70. The fourth-order valence-electron chi connectivity index (χ4n) is 1.81. The molecule has 1 amide bonds. The van der Waals surface area contributed by atoms with Gasteiger partial charge in [-0.3, -0.25) is 4.79 Å². The van der Waals surface area contributed by atoms with Crippen molar-refractivity contribution in [2.24, 2.45) is 0 Å². The van der Waals surface area contributed by atoms with Crippen LogP contribution in [0, 0.1) is 11.3 Å². The zero-order valence-corrected chi connectivity index (χ0v) is 10.8. The van der Waals surface area contributed by atoms with Crippen molar-refractivity contribution in [1.29, 1.82) is 5.26 Å². The largest absolute Gasteiger partial charge is 0.368 e. The topological polar surface area (TPSA) is 74.2 Å². The van der Waals surface area contributed by atoms with E-state index in [2.05, 4.69) is 10.6 Å². The molecule has 0 unspecified atom stereocenters. The lowest BCUT2D eigenvalue weighted by Crippen LogP contribution is -2.34. The molecule has 1 aromatic rings. The highest BCUT2D eigenvalue weighted by atomic mass is 32.1. The number of thiophene rings is 1. The summed E-state index contributed by atoms with van der Waals surface area (Å²) < 4.78 is 5.54. The molecule has 96 valence electrons. The number of ether oxygens (including phenoxy) is 1. The van der Waals surface area contributed by atoms with Gasteiger partial charge in [0.05, 0.1) is 11.7 Å². The third-order valence-electron chi connectivity index (χ3n) is 2.77. The van der Waals surface area contributed by atoms with Crippen LogP contribution in [-0.4, -0.2) is 31.7 Å². The van der Waals surface area contributed by atoms with Gasteiger partial charge < -0.3 is 15.4 Å². The Morgan fingerprint density at radius 1 is 1.61 bits per heavy atom. The molecule has 1 aliphatic heterocycles. The number of anilines is 1. The molecule has 1 aliphatic rings. The summed E-state index contributed by atoms with van der Waals surface area (Å²) in [7, 11) is 0. The second kappa shape index (κ2) is 6.50. The first kappa shape index (κ1) is 13.0. The standard InChI is InChI=1S/C12H15N3O2S/c13-7-9-3-6-18-12(9)15-11(16)8-17-10-1-4-14-5-2-10/h3,6,10,14H,1-2,4-5,8H2,(H,15,16). The van der Waals surface area contributed by atoms with Crippen LogP contribution in [0.3, 0.4) is 0 Å². The third kappa shape index (κ3) is 3.53. The molecular weight excluding hydrogens is 250 g/mol. The van der Waals surface area contributed by atoms with Gasteiger partial charge in [-0.15, -0.1) is 11.3 Å². The molecule has 1 saturated heterocycles. The number of carbonyl (C=O) groups is 1. The molecule has 0 radical (unpaired) electrons. The zero-order chi connectivity index (χ0) is 12.8. The van der Waals surface area contributed by atoms with Crippen LogP contribution in [0.2, 0.25) is 0 Å². The number of rotatable bonds is 4. The van der Waals surface area contributed by atoms with E-state index in [0.29, 0.717) is 10.6 Å². The molecule has 2 rings (SSSR count). The fourth-order valence-corrected chi connectivity index (χ4v) is 2.57. The monoisotopic (exact) mass is 265 g/mol. The van der Waals surface area contributed by atoms with E-state index in [9.17, 15) is 4.79 Å². The van der Waals surface area contributed by atoms with Gasteiger partial charge in [0.2, 0.25) is 0 Å². The fraction of sp³-hybridized carbons (Fsp3) is 0.500. The molecule has 18 heavy (non-hydrogen) atoms. The Labute approximate surface area is 110 Å². The number of carbonyl (C=O) groups excluding carboxylic acids is 1. The molecule has 0 atom stereocenters. The van der Waals surface area contributed by atoms with Gasteiger partial charge in [0, 0.05) is 0 Å². The lowest BCUT2D eigenvalue weighted by atomic mass is 10.1. The summed E-state index contributed by atoms with van der Waals surface area (Å²) in [5, 5.41) is 17.1. The minimum Gasteiger partial charge on any atom is -0.368 e. The van der Waals surface area contributed by atoms with Crippen molar-refractivity contribution in [1.82, 2.24) is 5.32 Å². The summed E-state index contributed by atoms with van der Waals surface area (Å²) in [6.45, 7) is 1.93. The van der Waals surface area contributed by atoms with Crippen molar-refractivity contribution in [3.05, 3.63) is 17.0 Å². The predicted molar refractivity (Wildman–Crippen MR) is 69.5 cm³/mol. The van der Waals surface area contributed by atoms with E-state index >= 15 is 0 Å². The van der Waals surface area contributed by atoms with E-state index in [1.807, 2.05) is 6.07 Å². The lowest BCUT2D eigenvalue weighted by Gasteiger charge is -2.22. The van der Waals surface area contributed by atoms with Crippen LogP contribution in [-0.2, 0) is 9.53 Å². The molecule has 5 nitrogen and oxygen atoms in total. The van der Waals surface area contributed by atoms with E-state index in [0.717, 1.165) is 25.9 Å². The summed E-state index contributed by atoms with van der Waals surface area (Å²) in [5.41, 5.74) is 0.496. The highest BCUT2D eigenvalue weighted by molar-refractivity contribution is 7.14. The predicted octanol–water partition coefficient (Wildman–Crippen LogP) is 1.33. The van der Waals surface area contributed by atoms with Gasteiger partial charge in [-0.1, -0.05) is 0 Å². The van der Waals surface area contributed by atoms with Crippen LogP contribution in [0.15, 0.2) is 11.4 Å². The maximum atomic E-state index is 11.7. The van der Waals surface area contributed by atoms with Crippen LogP contribution < -0.4 is 10.6 Å². The van der Waals surface area contributed by atoms with Crippen molar-refractivity contribution in [3.8, 4) is 6.07 Å². The molecule has 0 bridgehead atoms. The number of nitrogens with one attached hydrogen (secondary N) is 2. The molecule has 2 heterocycles. The molecule has 6 heteroatoms. The molecule has 0 spiro atoms. The second-order valence-electron chi connectivity index (χ2n) is 4.08. The van der Waals surface area contributed by atoms with Gasteiger partial charge >= 0.3 is 0 Å². The lowest BCUT2D eigenvalue weighted by molar-refractivity contribution is -0.123. The molecule has 0 aromatic carbocycles. The van der Waals surface area contributed by atoms with Crippen molar-refractivity contribution < 1.29 is 9.53 Å². The van der Waals surface area contributed by atoms with Gasteiger partial charge in [0.1, 0.15) is 17.7 Å². The maximum absolute atomic E-state index is 11.7. The maximum Gasteiger partial charge on any atom is 0.251 e. The number of nitrogens with zero attached hydrogens (tertiary/aromatic N) is 1. The van der Waals surface area contributed by atoms with Gasteiger partial charge in [-0.05, 0) is 37.4 Å². The highest BCUT2D eigenvalue weighted by Gasteiger charge is 2.15. The first-order chi connectivity index (χ1) is 8.79. The number of hydrogen-bond acceptors (Lipinski definition) is 5. The second-order valence-corrected chi connectivity index (χ2v) is 5.00. The van der Waals surface area contributed by atoms with E-state index in [1.165, 1.54) is 11.3 Å². The Hall–Kier alpha value is -1.42. The SMILES string of the molecule is N#Cc1ccsc1NC(=O)COC1CCNCC1. The van der Waals surface area contributed by atoms with Crippen LogP contribution in [0.1, 0.15) is 18.4 Å². The van der Waals surface area contributed by atoms with Gasteiger partial charge in [-0.2, -0.15) is 5.26 Å². The van der Waals surface area contributed by atoms with E-state index in [4.69, 9.17) is 10.00 Å². The molecule has 0 saturated carbocycles. The van der Waals surface area contributed by atoms with Crippen LogP contribution in [0.5, 0.6) is 0 Å². The number of nitriles is 1. The Bertz CT molecular complexity index is 446. The third-order valence-corrected chi connectivity index (χ3v) is 3.60. The molecular formula is C12H15N3O2S. The quantitative estimate of drug-likeness (QED) is 0.861. The van der Waals surface area contributed by atoms with Crippen molar-refractivity contribution in [3.63, 3.8) is 0 Å². The number of amides is 1. The number of piperidine rings is 1. The van der Waals surface area contributed by atoms with Gasteiger partial charge in [0.15, 0.2) is 0 Å². The summed E-state index contributed by atoms with van der Waals surface area (Å²) in [6, 6.07) is 3.72. The van der Waals surface area contributed by atoms with Crippen molar-refractivity contribution in [2.75, 3.05) is 25.0 Å². The van der Waals surface area contributed by atoms with Crippen molar-refractivity contribution >= 4 is 22.2 Å². The minimum absolute atomic E-state index is 0.0490. The average molecular weight is 265 g/mol. The van der Waals surface area contributed by atoms with Crippen molar-refractivity contribution in [2.45, 2.75) is 18.9 Å².